The molecule has 1 saturated carbocycles. The molecule has 1 atom stereocenters. The number of carbonyl (C=O) groups is 1. The van der Waals surface area contributed by atoms with E-state index in [0.29, 0.717) is 13.2 Å². The highest BCUT2D eigenvalue weighted by molar-refractivity contribution is 5.80. The molecular formula is C25H31N3O2. The molecule has 2 aromatic carbocycles. The number of amides is 1. The smallest absolute Gasteiger partial charge is 0.223 e. The summed E-state index contributed by atoms with van der Waals surface area (Å²) in [6.45, 7) is 5.30. The number of aryl methyl sites for hydroxylation is 1. The zero-order chi connectivity index (χ0) is 20.9. The van der Waals surface area contributed by atoms with Crippen LogP contribution >= 0.6 is 0 Å². The standard InChI is InChI=1S/C25H31N3O2/c1-18-9-8-12-21(17-18)30-16-15-28-23-14-7-6-13-22(23)27-24(28)19(2)26-25(29)20-10-4-3-5-11-20/h6-9,12-14,17,19-20H,3-5,10-11,15-16H2,1-2H3,(H,26,29). The summed E-state index contributed by atoms with van der Waals surface area (Å²) in [5.41, 5.74) is 3.20. The fourth-order valence-corrected chi connectivity index (χ4v) is 4.38. The normalized spacial score (nSPS) is 15.8. The second-order valence-electron chi connectivity index (χ2n) is 8.34. The van der Waals surface area contributed by atoms with E-state index in [1.54, 1.807) is 0 Å². The first kappa shape index (κ1) is 20.5. The predicted molar refractivity (Wildman–Crippen MR) is 120 cm³/mol. The van der Waals surface area contributed by atoms with Gasteiger partial charge in [-0.2, -0.15) is 0 Å². The monoisotopic (exact) mass is 405 g/mol. The Kier molecular flexibility index (Phi) is 6.36. The van der Waals surface area contributed by atoms with Gasteiger partial charge in [-0.3, -0.25) is 4.79 Å². The van der Waals surface area contributed by atoms with E-state index in [2.05, 4.69) is 28.9 Å². The second-order valence-corrected chi connectivity index (χ2v) is 8.34. The van der Waals surface area contributed by atoms with Gasteiger partial charge in [0.15, 0.2) is 0 Å². The number of nitrogens with one attached hydrogen (secondary N) is 1. The lowest BCUT2D eigenvalue weighted by molar-refractivity contribution is -0.126. The van der Waals surface area contributed by atoms with Crippen LogP contribution in [0, 0.1) is 12.8 Å². The van der Waals surface area contributed by atoms with Crippen molar-refractivity contribution >= 4 is 16.9 Å². The lowest BCUT2D eigenvalue weighted by Crippen LogP contribution is -2.35. The van der Waals surface area contributed by atoms with Crippen molar-refractivity contribution in [3.05, 3.63) is 59.9 Å². The van der Waals surface area contributed by atoms with E-state index in [4.69, 9.17) is 9.72 Å². The van der Waals surface area contributed by atoms with Crippen LogP contribution < -0.4 is 10.1 Å². The third-order valence-electron chi connectivity index (χ3n) is 5.98. The molecule has 1 fully saturated rings. The topological polar surface area (TPSA) is 56.1 Å². The summed E-state index contributed by atoms with van der Waals surface area (Å²) >= 11 is 0. The Morgan fingerprint density at radius 3 is 2.77 bits per heavy atom. The van der Waals surface area contributed by atoms with Crippen LogP contribution in [0.5, 0.6) is 5.75 Å². The molecule has 1 N–H and O–H groups in total. The average Bonchev–Trinajstić information content (AvgIpc) is 3.13. The lowest BCUT2D eigenvalue weighted by atomic mass is 9.88. The van der Waals surface area contributed by atoms with Gasteiger partial charge in [-0.05, 0) is 56.5 Å². The number of imidazole rings is 1. The van der Waals surface area contributed by atoms with E-state index < -0.39 is 0 Å². The van der Waals surface area contributed by atoms with Crippen LogP contribution in [0.3, 0.4) is 0 Å². The van der Waals surface area contributed by atoms with Crippen LogP contribution in [0.25, 0.3) is 11.0 Å². The van der Waals surface area contributed by atoms with Gasteiger partial charge in [0.25, 0.3) is 0 Å². The lowest BCUT2D eigenvalue weighted by Gasteiger charge is -2.23. The molecule has 0 aliphatic heterocycles. The first-order valence-electron chi connectivity index (χ1n) is 11.1. The van der Waals surface area contributed by atoms with Crippen molar-refractivity contribution < 1.29 is 9.53 Å². The minimum atomic E-state index is -0.147. The molecule has 5 nitrogen and oxygen atoms in total. The van der Waals surface area contributed by atoms with Crippen molar-refractivity contribution in [1.82, 2.24) is 14.9 Å². The quantitative estimate of drug-likeness (QED) is 0.589. The summed E-state index contributed by atoms with van der Waals surface area (Å²) in [5, 5.41) is 3.22. The molecule has 30 heavy (non-hydrogen) atoms. The van der Waals surface area contributed by atoms with Crippen molar-refractivity contribution in [2.24, 2.45) is 5.92 Å². The molecule has 0 spiro atoms. The molecule has 1 aliphatic rings. The zero-order valence-corrected chi connectivity index (χ0v) is 17.9. The van der Waals surface area contributed by atoms with E-state index in [1.165, 1.54) is 12.0 Å². The zero-order valence-electron chi connectivity index (χ0n) is 17.9. The van der Waals surface area contributed by atoms with E-state index in [0.717, 1.165) is 48.3 Å². The first-order chi connectivity index (χ1) is 14.6. The van der Waals surface area contributed by atoms with Gasteiger partial charge in [-0.1, -0.05) is 43.5 Å². The molecule has 1 aliphatic carbocycles. The Labute approximate surface area is 178 Å². The first-order valence-corrected chi connectivity index (χ1v) is 11.1. The maximum atomic E-state index is 12.8. The van der Waals surface area contributed by atoms with E-state index in [9.17, 15) is 4.79 Å². The van der Waals surface area contributed by atoms with Gasteiger partial charge >= 0.3 is 0 Å². The molecule has 1 amide bonds. The SMILES string of the molecule is Cc1cccc(OCCn2c(C(C)NC(=O)C3CCCCC3)nc3ccccc32)c1. The molecule has 5 heteroatoms. The summed E-state index contributed by atoms with van der Waals surface area (Å²) in [6.07, 6.45) is 5.55. The van der Waals surface area contributed by atoms with E-state index in [-0.39, 0.29) is 17.9 Å². The van der Waals surface area contributed by atoms with Crippen molar-refractivity contribution in [2.45, 2.75) is 58.5 Å². The highest BCUT2D eigenvalue weighted by Gasteiger charge is 2.24. The maximum Gasteiger partial charge on any atom is 0.223 e. The van der Waals surface area contributed by atoms with Gasteiger partial charge in [-0.15, -0.1) is 0 Å². The van der Waals surface area contributed by atoms with Crippen molar-refractivity contribution in [2.75, 3.05) is 6.61 Å². The molecule has 0 bridgehead atoms. The Hall–Kier alpha value is -2.82. The summed E-state index contributed by atoms with van der Waals surface area (Å²) in [6, 6.07) is 16.1. The molecule has 4 rings (SSSR count). The summed E-state index contributed by atoms with van der Waals surface area (Å²) < 4.78 is 8.16. The minimum absolute atomic E-state index is 0.142. The molecule has 0 saturated heterocycles. The van der Waals surface area contributed by atoms with Crippen molar-refractivity contribution in [1.29, 1.82) is 0 Å². The predicted octanol–water partition coefficient (Wildman–Crippen LogP) is 5.18. The third kappa shape index (κ3) is 4.66. The summed E-state index contributed by atoms with van der Waals surface area (Å²) in [7, 11) is 0. The fourth-order valence-electron chi connectivity index (χ4n) is 4.38. The Bertz CT molecular complexity index is 1000. The number of fused-ring (bicyclic) bond motifs is 1. The molecule has 3 aromatic rings. The molecule has 1 heterocycles. The number of para-hydroxylation sites is 2. The van der Waals surface area contributed by atoms with E-state index in [1.807, 2.05) is 43.3 Å². The Balaban J connectivity index is 1.49. The fraction of sp³-hybridized carbons (Fsp3) is 0.440. The molecule has 1 aromatic heterocycles. The molecular weight excluding hydrogens is 374 g/mol. The number of benzene rings is 2. The minimum Gasteiger partial charge on any atom is -0.492 e. The summed E-state index contributed by atoms with van der Waals surface area (Å²) in [5.74, 6) is 2.06. The molecule has 1 unspecified atom stereocenters. The number of ether oxygens (including phenoxy) is 1. The number of nitrogens with zero attached hydrogens (tertiary/aromatic N) is 2. The van der Waals surface area contributed by atoms with Crippen LogP contribution in [0.2, 0.25) is 0 Å². The highest BCUT2D eigenvalue weighted by Crippen LogP contribution is 2.26. The molecule has 0 radical (unpaired) electrons. The maximum absolute atomic E-state index is 12.8. The summed E-state index contributed by atoms with van der Waals surface area (Å²) in [4.78, 5) is 17.6. The third-order valence-corrected chi connectivity index (χ3v) is 5.98. The van der Waals surface area contributed by atoms with Gasteiger partial charge in [0.05, 0.1) is 23.6 Å². The van der Waals surface area contributed by atoms with Crippen molar-refractivity contribution in [3.63, 3.8) is 0 Å². The van der Waals surface area contributed by atoms with Crippen LogP contribution in [0.4, 0.5) is 0 Å². The van der Waals surface area contributed by atoms with Gasteiger partial charge in [0, 0.05) is 5.92 Å². The second kappa shape index (κ2) is 9.33. The van der Waals surface area contributed by atoms with Crippen LogP contribution in [0.1, 0.15) is 56.5 Å². The number of aromatic nitrogens is 2. The average molecular weight is 406 g/mol. The van der Waals surface area contributed by atoms with Crippen LogP contribution in [-0.4, -0.2) is 22.1 Å². The van der Waals surface area contributed by atoms with Crippen LogP contribution in [0.15, 0.2) is 48.5 Å². The Morgan fingerprint density at radius 1 is 1.17 bits per heavy atom. The van der Waals surface area contributed by atoms with Gasteiger partial charge < -0.3 is 14.6 Å². The largest absolute Gasteiger partial charge is 0.492 e. The highest BCUT2D eigenvalue weighted by atomic mass is 16.5. The number of hydrogen-bond donors (Lipinski definition) is 1. The van der Waals surface area contributed by atoms with E-state index >= 15 is 0 Å². The van der Waals surface area contributed by atoms with Gasteiger partial charge in [0.2, 0.25) is 5.91 Å². The number of rotatable bonds is 7. The molecule has 158 valence electrons. The van der Waals surface area contributed by atoms with Crippen LogP contribution in [-0.2, 0) is 11.3 Å². The number of hydrogen-bond acceptors (Lipinski definition) is 3. The van der Waals surface area contributed by atoms with Gasteiger partial charge in [-0.25, -0.2) is 4.98 Å². The Morgan fingerprint density at radius 2 is 1.97 bits per heavy atom. The van der Waals surface area contributed by atoms with Crippen molar-refractivity contribution in [3.8, 4) is 5.75 Å². The van der Waals surface area contributed by atoms with Gasteiger partial charge in [0.1, 0.15) is 18.2 Å². The number of carbonyl (C=O) groups excluding carboxylic acids is 1.